The van der Waals surface area contributed by atoms with Crippen molar-refractivity contribution in [1.29, 1.82) is 0 Å². The smallest absolute Gasteiger partial charge is 0.0717 e. The van der Waals surface area contributed by atoms with Gasteiger partial charge in [0.25, 0.3) is 0 Å². The lowest BCUT2D eigenvalue weighted by molar-refractivity contribution is 1.06. The van der Waals surface area contributed by atoms with Crippen LogP contribution in [0.1, 0.15) is 12.6 Å². The van der Waals surface area contributed by atoms with E-state index in [-0.39, 0.29) is 0 Å². The van der Waals surface area contributed by atoms with Crippen LogP contribution in [0.15, 0.2) is 24.3 Å². The fourth-order valence-electron chi connectivity index (χ4n) is 1.42. The highest BCUT2D eigenvalue weighted by Crippen LogP contribution is 2.24. The predicted molar refractivity (Wildman–Crippen MR) is 68.3 cm³/mol. The van der Waals surface area contributed by atoms with E-state index in [1.807, 2.05) is 12.1 Å². The van der Waals surface area contributed by atoms with Crippen molar-refractivity contribution in [1.82, 2.24) is 4.98 Å². The zero-order valence-electron chi connectivity index (χ0n) is 7.92. The molecule has 2 aromatic rings. The van der Waals surface area contributed by atoms with E-state index in [2.05, 4.69) is 46.6 Å². The summed E-state index contributed by atoms with van der Waals surface area (Å²) in [6.45, 7) is 2.11. The Balaban J connectivity index is 2.74. The van der Waals surface area contributed by atoms with Crippen LogP contribution in [0.2, 0.25) is 0 Å². The van der Waals surface area contributed by atoms with Gasteiger partial charge in [-0.15, -0.1) is 0 Å². The molecule has 0 saturated carbocycles. The van der Waals surface area contributed by atoms with Crippen molar-refractivity contribution in [3.05, 3.63) is 33.5 Å². The molecule has 0 unspecified atom stereocenters. The highest BCUT2D eigenvalue weighted by atomic mass is 127. The summed E-state index contributed by atoms with van der Waals surface area (Å²) in [5, 5.41) is 1.14. The first-order valence-electron chi connectivity index (χ1n) is 4.56. The van der Waals surface area contributed by atoms with E-state index in [9.17, 15) is 0 Å². The molecule has 2 rings (SSSR count). The molecular weight excluding hydrogens is 287 g/mol. The van der Waals surface area contributed by atoms with Crippen LogP contribution in [0, 0.1) is 3.57 Å². The van der Waals surface area contributed by atoms with Gasteiger partial charge in [0.1, 0.15) is 0 Å². The number of pyridine rings is 1. The number of aryl methyl sites for hydroxylation is 1. The fraction of sp³-hybridized carbons (Fsp3) is 0.182. The molecule has 72 valence electrons. The molecule has 0 bridgehead atoms. The lowest BCUT2D eigenvalue weighted by atomic mass is 10.1. The van der Waals surface area contributed by atoms with Gasteiger partial charge in [-0.2, -0.15) is 0 Å². The lowest BCUT2D eigenvalue weighted by Gasteiger charge is -2.04. The molecule has 1 aromatic heterocycles. The van der Waals surface area contributed by atoms with Crippen LogP contribution >= 0.6 is 22.6 Å². The number of nitrogens with zero attached hydrogens (tertiary/aromatic N) is 1. The van der Waals surface area contributed by atoms with Gasteiger partial charge >= 0.3 is 0 Å². The van der Waals surface area contributed by atoms with Crippen LogP contribution < -0.4 is 5.73 Å². The Hall–Kier alpha value is -0.840. The standard InChI is InChI=1S/C11H11IN2/c1-2-7-3-4-8-10(14-7)6-5-9(13)11(8)12/h3-6H,2,13H2,1H3. The van der Waals surface area contributed by atoms with E-state index >= 15 is 0 Å². The highest BCUT2D eigenvalue weighted by molar-refractivity contribution is 14.1. The third kappa shape index (κ3) is 1.56. The Labute approximate surface area is 96.7 Å². The van der Waals surface area contributed by atoms with E-state index < -0.39 is 0 Å². The number of anilines is 1. The van der Waals surface area contributed by atoms with E-state index in [0.717, 1.165) is 32.3 Å². The topological polar surface area (TPSA) is 38.9 Å². The molecule has 0 saturated heterocycles. The van der Waals surface area contributed by atoms with Crippen LogP contribution in [0.4, 0.5) is 5.69 Å². The monoisotopic (exact) mass is 298 g/mol. The van der Waals surface area contributed by atoms with E-state index in [1.54, 1.807) is 0 Å². The second-order valence-electron chi connectivity index (χ2n) is 3.19. The Morgan fingerprint density at radius 1 is 1.29 bits per heavy atom. The number of aromatic nitrogens is 1. The first-order chi connectivity index (χ1) is 6.72. The van der Waals surface area contributed by atoms with Gasteiger partial charge in [-0.1, -0.05) is 6.92 Å². The Kier molecular flexibility index (Phi) is 2.58. The number of nitrogens with two attached hydrogens (primary N) is 1. The third-order valence-corrected chi connectivity index (χ3v) is 3.46. The largest absolute Gasteiger partial charge is 0.398 e. The van der Waals surface area contributed by atoms with Gasteiger partial charge in [-0.3, -0.25) is 4.98 Å². The first-order valence-corrected chi connectivity index (χ1v) is 5.64. The molecule has 2 nitrogen and oxygen atoms in total. The number of hydrogen-bond donors (Lipinski definition) is 1. The molecule has 0 fully saturated rings. The van der Waals surface area contributed by atoms with Crippen molar-refractivity contribution in [2.75, 3.05) is 5.73 Å². The molecule has 1 aromatic carbocycles. The number of rotatable bonds is 1. The van der Waals surface area contributed by atoms with Gasteiger partial charge in [0.15, 0.2) is 0 Å². The number of halogens is 1. The van der Waals surface area contributed by atoms with Gasteiger partial charge in [-0.05, 0) is 53.3 Å². The molecule has 0 aliphatic carbocycles. The van der Waals surface area contributed by atoms with E-state index in [0.29, 0.717) is 0 Å². The summed E-state index contributed by atoms with van der Waals surface area (Å²) in [5.41, 5.74) is 8.80. The number of hydrogen-bond acceptors (Lipinski definition) is 2. The summed E-state index contributed by atoms with van der Waals surface area (Å²) in [6, 6.07) is 8.05. The number of fused-ring (bicyclic) bond motifs is 1. The molecule has 0 aliphatic rings. The second-order valence-corrected chi connectivity index (χ2v) is 4.27. The molecule has 0 atom stereocenters. The van der Waals surface area contributed by atoms with Crippen LogP contribution in [0.5, 0.6) is 0 Å². The molecule has 0 spiro atoms. The van der Waals surface area contributed by atoms with Gasteiger partial charge < -0.3 is 5.73 Å². The minimum absolute atomic E-state index is 0.823. The number of nitrogen functional groups attached to an aromatic ring is 1. The van der Waals surface area contributed by atoms with Crippen LogP contribution in [0.25, 0.3) is 10.9 Å². The third-order valence-electron chi connectivity index (χ3n) is 2.26. The maximum atomic E-state index is 5.82. The molecule has 1 heterocycles. The van der Waals surface area contributed by atoms with E-state index in [4.69, 9.17) is 5.73 Å². The zero-order valence-corrected chi connectivity index (χ0v) is 10.1. The van der Waals surface area contributed by atoms with Gasteiger partial charge in [0.2, 0.25) is 0 Å². The minimum atomic E-state index is 0.823. The van der Waals surface area contributed by atoms with Gasteiger partial charge in [0.05, 0.1) is 5.52 Å². The van der Waals surface area contributed by atoms with E-state index in [1.165, 1.54) is 0 Å². The predicted octanol–water partition coefficient (Wildman–Crippen LogP) is 2.98. The van der Waals surface area contributed by atoms with Crippen molar-refractivity contribution in [3.8, 4) is 0 Å². The zero-order chi connectivity index (χ0) is 10.1. The van der Waals surface area contributed by atoms with Crippen molar-refractivity contribution in [2.24, 2.45) is 0 Å². The van der Waals surface area contributed by atoms with Crippen molar-refractivity contribution < 1.29 is 0 Å². The average Bonchev–Trinajstić information content (AvgIpc) is 2.23. The van der Waals surface area contributed by atoms with Crippen molar-refractivity contribution in [2.45, 2.75) is 13.3 Å². The van der Waals surface area contributed by atoms with Crippen LogP contribution in [0.3, 0.4) is 0 Å². The van der Waals surface area contributed by atoms with Gasteiger partial charge in [-0.25, -0.2) is 0 Å². The first kappa shape index (κ1) is 9.71. The Morgan fingerprint density at radius 3 is 2.79 bits per heavy atom. The summed E-state index contributed by atoms with van der Waals surface area (Å²) in [5.74, 6) is 0. The molecule has 14 heavy (non-hydrogen) atoms. The fourth-order valence-corrected chi connectivity index (χ4v) is 2.06. The summed E-state index contributed by atoms with van der Waals surface area (Å²) in [7, 11) is 0. The SMILES string of the molecule is CCc1ccc2c(I)c(N)ccc2n1. The molecular formula is C11H11IN2. The molecule has 0 amide bonds. The van der Waals surface area contributed by atoms with Gasteiger partial charge in [0, 0.05) is 20.3 Å². The minimum Gasteiger partial charge on any atom is -0.398 e. The molecule has 3 heteroatoms. The Bertz CT molecular complexity index is 480. The lowest BCUT2D eigenvalue weighted by Crippen LogP contribution is -1.93. The molecule has 0 aliphatic heterocycles. The second kappa shape index (κ2) is 3.73. The maximum absolute atomic E-state index is 5.82. The summed E-state index contributed by atoms with van der Waals surface area (Å²) in [4.78, 5) is 4.54. The van der Waals surface area contributed by atoms with Crippen molar-refractivity contribution >= 4 is 39.2 Å². The summed E-state index contributed by atoms with van der Waals surface area (Å²) >= 11 is 2.26. The number of benzene rings is 1. The average molecular weight is 298 g/mol. The summed E-state index contributed by atoms with van der Waals surface area (Å²) in [6.07, 6.45) is 0.969. The van der Waals surface area contributed by atoms with Crippen LogP contribution in [-0.4, -0.2) is 4.98 Å². The highest BCUT2D eigenvalue weighted by Gasteiger charge is 2.03. The van der Waals surface area contributed by atoms with Crippen molar-refractivity contribution in [3.63, 3.8) is 0 Å². The van der Waals surface area contributed by atoms with Crippen LogP contribution in [-0.2, 0) is 6.42 Å². The Morgan fingerprint density at radius 2 is 2.07 bits per heavy atom. The molecule has 0 radical (unpaired) electrons. The molecule has 2 N–H and O–H groups in total. The maximum Gasteiger partial charge on any atom is 0.0717 e. The summed E-state index contributed by atoms with van der Waals surface area (Å²) < 4.78 is 1.09. The quantitative estimate of drug-likeness (QED) is 0.649. The normalized spacial score (nSPS) is 10.7.